The molecule has 2 heterocycles. The highest BCUT2D eigenvalue weighted by Gasteiger charge is 2.50. The van der Waals surface area contributed by atoms with Crippen molar-refractivity contribution in [2.45, 2.75) is 32.4 Å². The SMILES string of the molecule is C[C@H]1C[C@@H]2[C@@H](CC(=O)N2Cc2ccccc2)[C@@H]1CNC(=O)N1CCOCC1. The third-order valence-corrected chi connectivity index (χ3v) is 6.50. The highest BCUT2D eigenvalue weighted by molar-refractivity contribution is 5.79. The van der Waals surface area contributed by atoms with E-state index in [9.17, 15) is 9.59 Å². The molecule has 3 aliphatic rings. The molecule has 6 heteroatoms. The first kappa shape index (κ1) is 18.3. The summed E-state index contributed by atoms with van der Waals surface area (Å²) in [7, 11) is 0. The summed E-state index contributed by atoms with van der Waals surface area (Å²) in [5.41, 5.74) is 1.18. The molecule has 6 nitrogen and oxygen atoms in total. The predicted octanol–water partition coefficient (Wildman–Crippen LogP) is 2.10. The van der Waals surface area contributed by atoms with Crippen molar-refractivity contribution in [2.24, 2.45) is 17.8 Å². The molecule has 3 amide bonds. The Morgan fingerprint density at radius 1 is 1.22 bits per heavy atom. The minimum absolute atomic E-state index is 0.000542. The summed E-state index contributed by atoms with van der Waals surface area (Å²) in [5.74, 6) is 1.48. The van der Waals surface area contributed by atoms with E-state index in [1.54, 1.807) is 0 Å². The fourth-order valence-corrected chi connectivity index (χ4v) is 5.01. The molecule has 2 saturated heterocycles. The van der Waals surface area contributed by atoms with Crippen molar-refractivity contribution in [3.63, 3.8) is 0 Å². The number of rotatable bonds is 4. The van der Waals surface area contributed by atoms with E-state index in [-0.39, 0.29) is 11.9 Å². The minimum Gasteiger partial charge on any atom is -0.378 e. The van der Waals surface area contributed by atoms with Gasteiger partial charge in [-0.15, -0.1) is 0 Å². The summed E-state index contributed by atoms with van der Waals surface area (Å²) in [6, 6.07) is 10.5. The van der Waals surface area contributed by atoms with Crippen LogP contribution in [0.2, 0.25) is 0 Å². The zero-order valence-electron chi connectivity index (χ0n) is 16.0. The van der Waals surface area contributed by atoms with Gasteiger partial charge in [0, 0.05) is 38.6 Å². The predicted molar refractivity (Wildman–Crippen MR) is 102 cm³/mol. The van der Waals surface area contributed by atoms with Crippen LogP contribution < -0.4 is 5.32 Å². The van der Waals surface area contributed by atoms with Crippen LogP contribution in [0.3, 0.4) is 0 Å². The van der Waals surface area contributed by atoms with Gasteiger partial charge in [0.1, 0.15) is 0 Å². The quantitative estimate of drug-likeness (QED) is 0.882. The van der Waals surface area contributed by atoms with Gasteiger partial charge in [-0.2, -0.15) is 0 Å². The Balaban J connectivity index is 1.37. The molecule has 4 atom stereocenters. The Morgan fingerprint density at radius 2 is 1.96 bits per heavy atom. The van der Waals surface area contributed by atoms with Crippen molar-refractivity contribution in [3.05, 3.63) is 35.9 Å². The van der Waals surface area contributed by atoms with Gasteiger partial charge < -0.3 is 19.9 Å². The second-order valence-electron chi connectivity index (χ2n) is 8.10. The average molecular weight is 371 g/mol. The van der Waals surface area contributed by atoms with Crippen molar-refractivity contribution in [2.75, 3.05) is 32.8 Å². The number of hydrogen-bond acceptors (Lipinski definition) is 3. The van der Waals surface area contributed by atoms with E-state index in [1.165, 1.54) is 5.56 Å². The van der Waals surface area contributed by atoms with Crippen LogP contribution in [0.15, 0.2) is 30.3 Å². The molecule has 0 spiro atoms. The fraction of sp³-hybridized carbons (Fsp3) is 0.619. The van der Waals surface area contributed by atoms with E-state index in [1.807, 2.05) is 23.1 Å². The van der Waals surface area contributed by atoms with Crippen LogP contribution in [0, 0.1) is 17.8 Å². The lowest BCUT2D eigenvalue weighted by molar-refractivity contribution is -0.129. The average Bonchev–Trinajstić information content (AvgIpc) is 3.15. The summed E-state index contributed by atoms with van der Waals surface area (Å²) < 4.78 is 5.31. The van der Waals surface area contributed by atoms with Gasteiger partial charge in [0.15, 0.2) is 0 Å². The van der Waals surface area contributed by atoms with Gasteiger partial charge in [0.25, 0.3) is 0 Å². The van der Waals surface area contributed by atoms with E-state index >= 15 is 0 Å². The largest absolute Gasteiger partial charge is 0.378 e. The molecule has 146 valence electrons. The highest BCUT2D eigenvalue weighted by Crippen LogP contribution is 2.46. The monoisotopic (exact) mass is 371 g/mol. The molecular weight excluding hydrogens is 342 g/mol. The first-order chi connectivity index (χ1) is 13.1. The number of hydrogen-bond donors (Lipinski definition) is 1. The molecule has 1 aliphatic carbocycles. The summed E-state index contributed by atoms with van der Waals surface area (Å²) in [6.07, 6.45) is 1.64. The van der Waals surface area contributed by atoms with Crippen LogP contribution >= 0.6 is 0 Å². The molecule has 4 rings (SSSR count). The molecule has 0 unspecified atom stereocenters. The van der Waals surface area contributed by atoms with Crippen LogP contribution in [0.5, 0.6) is 0 Å². The Bertz CT molecular complexity index is 675. The van der Waals surface area contributed by atoms with E-state index in [0.717, 1.165) is 6.42 Å². The van der Waals surface area contributed by atoms with Gasteiger partial charge in [-0.3, -0.25) is 4.79 Å². The Morgan fingerprint density at radius 3 is 2.70 bits per heavy atom. The van der Waals surface area contributed by atoms with Crippen molar-refractivity contribution in [1.82, 2.24) is 15.1 Å². The Hall–Kier alpha value is -2.08. The van der Waals surface area contributed by atoms with Gasteiger partial charge in [0.2, 0.25) is 5.91 Å². The molecule has 3 fully saturated rings. The number of nitrogens with one attached hydrogen (secondary N) is 1. The van der Waals surface area contributed by atoms with Crippen LogP contribution in [-0.4, -0.2) is 60.6 Å². The molecule has 27 heavy (non-hydrogen) atoms. The molecule has 0 bridgehead atoms. The van der Waals surface area contributed by atoms with Crippen molar-refractivity contribution >= 4 is 11.9 Å². The van der Waals surface area contributed by atoms with E-state index in [2.05, 4.69) is 29.3 Å². The molecule has 0 radical (unpaired) electrons. The lowest BCUT2D eigenvalue weighted by Crippen LogP contribution is -2.47. The second kappa shape index (κ2) is 7.89. The maximum Gasteiger partial charge on any atom is 0.317 e. The standard InChI is InChI=1S/C21H29N3O3/c1-15-11-19-17(12-20(25)24(19)14-16-5-3-2-4-6-16)18(15)13-22-21(26)23-7-9-27-10-8-23/h2-6,15,17-19H,7-14H2,1H3,(H,22,26)/t15-,17-,18+,19+/m0/s1. The number of ether oxygens (including phenoxy) is 1. The summed E-state index contributed by atoms with van der Waals surface area (Å²) >= 11 is 0. The minimum atomic E-state index is -0.000542. The molecule has 1 N–H and O–H groups in total. The van der Waals surface area contributed by atoms with Gasteiger partial charge in [-0.05, 0) is 29.7 Å². The number of carbonyl (C=O) groups excluding carboxylic acids is 2. The van der Waals surface area contributed by atoms with E-state index < -0.39 is 0 Å². The first-order valence-electron chi connectivity index (χ1n) is 10.1. The molecule has 2 aliphatic heterocycles. The van der Waals surface area contributed by atoms with Crippen molar-refractivity contribution in [1.29, 1.82) is 0 Å². The van der Waals surface area contributed by atoms with Crippen LogP contribution in [0.4, 0.5) is 4.79 Å². The van der Waals surface area contributed by atoms with Crippen molar-refractivity contribution in [3.8, 4) is 0 Å². The summed E-state index contributed by atoms with van der Waals surface area (Å²) in [5, 5.41) is 3.12. The normalized spacial score (nSPS) is 30.5. The molecule has 1 saturated carbocycles. The topological polar surface area (TPSA) is 61.9 Å². The number of likely N-dealkylation sites (tertiary alicyclic amines) is 1. The smallest absolute Gasteiger partial charge is 0.317 e. The van der Waals surface area contributed by atoms with Gasteiger partial charge in [-0.25, -0.2) is 4.79 Å². The lowest BCUT2D eigenvalue weighted by Gasteiger charge is -2.29. The molecule has 0 aromatic heterocycles. The first-order valence-corrected chi connectivity index (χ1v) is 10.1. The van der Waals surface area contributed by atoms with Crippen LogP contribution in [-0.2, 0) is 16.1 Å². The fourth-order valence-electron chi connectivity index (χ4n) is 5.01. The number of nitrogens with zero attached hydrogens (tertiary/aromatic N) is 2. The van der Waals surface area contributed by atoms with Crippen LogP contribution in [0.25, 0.3) is 0 Å². The molecular formula is C21H29N3O3. The van der Waals surface area contributed by atoms with Gasteiger partial charge in [-0.1, -0.05) is 37.3 Å². The number of morpholine rings is 1. The van der Waals surface area contributed by atoms with E-state index in [0.29, 0.717) is 69.6 Å². The lowest BCUT2D eigenvalue weighted by atomic mass is 9.88. The Kier molecular flexibility index (Phi) is 5.34. The highest BCUT2D eigenvalue weighted by atomic mass is 16.5. The van der Waals surface area contributed by atoms with Gasteiger partial charge in [0.05, 0.1) is 13.2 Å². The zero-order chi connectivity index (χ0) is 18.8. The summed E-state index contributed by atoms with van der Waals surface area (Å²) in [4.78, 5) is 28.9. The summed E-state index contributed by atoms with van der Waals surface area (Å²) in [6.45, 7) is 6.14. The van der Waals surface area contributed by atoms with Crippen molar-refractivity contribution < 1.29 is 14.3 Å². The van der Waals surface area contributed by atoms with Crippen LogP contribution in [0.1, 0.15) is 25.3 Å². The number of carbonyl (C=O) groups is 2. The second-order valence-corrected chi connectivity index (χ2v) is 8.10. The maximum absolute atomic E-state index is 12.6. The number of amides is 3. The number of benzene rings is 1. The third-order valence-electron chi connectivity index (χ3n) is 6.50. The number of urea groups is 1. The maximum atomic E-state index is 12.6. The van der Waals surface area contributed by atoms with E-state index in [4.69, 9.17) is 4.74 Å². The zero-order valence-corrected chi connectivity index (χ0v) is 16.0. The Labute approximate surface area is 160 Å². The van der Waals surface area contributed by atoms with Gasteiger partial charge >= 0.3 is 6.03 Å². The number of fused-ring (bicyclic) bond motifs is 1. The third kappa shape index (κ3) is 3.81. The molecule has 1 aromatic rings. The molecule has 1 aromatic carbocycles.